The SMILES string of the molecule is CCCOC(=O)c1c(NC(=O)c2ccn(Cn3cc(Br)cn3)n2)sc(C(=O)N(C)C)c1C. The van der Waals surface area contributed by atoms with E-state index in [9.17, 15) is 14.4 Å². The molecule has 0 aliphatic rings. The Hall–Kier alpha value is -2.99. The molecule has 3 heterocycles. The molecule has 0 atom stereocenters. The summed E-state index contributed by atoms with van der Waals surface area (Å²) in [6, 6.07) is 1.56. The van der Waals surface area contributed by atoms with Crippen molar-refractivity contribution in [2.45, 2.75) is 26.9 Å². The zero-order chi connectivity index (χ0) is 23.4. The molecule has 3 rings (SSSR count). The Labute approximate surface area is 197 Å². The van der Waals surface area contributed by atoms with Crippen LogP contribution in [0.2, 0.25) is 0 Å². The van der Waals surface area contributed by atoms with Crippen molar-refractivity contribution in [2.24, 2.45) is 0 Å². The number of aromatic nitrogens is 4. The number of anilines is 1. The van der Waals surface area contributed by atoms with E-state index >= 15 is 0 Å². The van der Waals surface area contributed by atoms with E-state index in [1.165, 1.54) is 4.90 Å². The van der Waals surface area contributed by atoms with Crippen molar-refractivity contribution >= 4 is 50.1 Å². The highest BCUT2D eigenvalue weighted by molar-refractivity contribution is 9.10. The number of ether oxygens (including phenoxy) is 1. The standard InChI is InChI=1S/C20H23BrN6O4S/c1-5-8-31-20(30)15-12(2)16(19(29)25(3)4)32-18(15)23-17(28)14-6-7-26(24-14)11-27-10-13(21)9-22-27/h6-7,9-10H,5,8,11H2,1-4H3,(H,23,28). The van der Waals surface area contributed by atoms with Crippen LogP contribution in [0, 0.1) is 6.92 Å². The van der Waals surface area contributed by atoms with Crippen LogP contribution in [-0.4, -0.2) is 62.9 Å². The molecule has 0 aromatic carbocycles. The molecule has 170 valence electrons. The smallest absolute Gasteiger partial charge is 0.341 e. The van der Waals surface area contributed by atoms with E-state index in [2.05, 4.69) is 31.4 Å². The summed E-state index contributed by atoms with van der Waals surface area (Å²) in [7, 11) is 3.25. The van der Waals surface area contributed by atoms with Crippen LogP contribution in [0.15, 0.2) is 29.1 Å². The molecule has 2 amide bonds. The molecule has 0 aliphatic heterocycles. The Morgan fingerprint density at radius 2 is 2.03 bits per heavy atom. The van der Waals surface area contributed by atoms with Gasteiger partial charge in [0.25, 0.3) is 11.8 Å². The molecular weight excluding hydrogens is 500 g/mol. The molecule has 0 bridgehead atoms. The highest BCUT2D eigenvalue weighted by Gasteiger charge is 2.28. The van der Waals surface area contributed by atoms with Crippen LogP contribution < -0.4 is 5.32 Å². The van der Waals surface area contributed by atoms with E-state index in [0.29, 0.717) is 23.5 Å². The molecule has 0 fully saturated rings. The monoisotopic (exact) mass is 522 g/mol. The Kier molecular flexibility index (Phi) is 7.46. The van der Waals surface area contributed by atoms with E-state index in [1.807, 2.05) is 6.92 Å². The molecule has 10 nitrogen and oxygen atoms in total. The van der Waals surface area contributed by atoms with Gasteiger partial charge >= 0.3 is 5.97 Å². The number of carbonyl (C=O) groups excluding carboxylic acids is 3. The number of thiophene rings is 1. The maximum absolute atomic E-state index is 12.8. The van der Waals surface area contributed by atoms with Crippen molar-refractivity contribution < 1.29 is 19.1 Å². The summed E-state index contributed by atoms with van der Waals surface area (Å²) < 4.78 is 9.32. The number of carbonyl (C=O) groups is 3. The van der Waals surface area contributed by atoms with E-state index < -0.39 is 11.9 Å². The van der Waals surface area contributed by atoms with Crippen molar-refractivity contribution in [3.63, 3.8) is 0 Å². The second kappa shape index (κ2) is 10.1. The maximum Gasteiger partial charge on any atom is 0.341 e. The van der Waals surface area contributed by atoms with E-state index in [0.717, 1.165) is 15.8 Å². The average Bonchev–Trinajstić information content (AvgIpc) is 3.45. The van der Waals surface area contributed by atoms with Crippen LogP contribution in [-0.2, 0) is 11.4 Å². The van der Waals surface area contributed by atoms with Gasteiger partial charge in [-0.05, 0) is 40.9 Å². The predicted molar refractivity (Wildman–Crippen MR) is 123 cm³/mol. The predicted octanol–water partition coefficient (Wildman–Crippen LogP) is 3.24. The third-order valence-electron chi connectivity index (χ3n) is 4.38. The number of amides is 2. The quantitative estimate of drug-likeness (QED) is 0.454. The lowest BCUT2D eigenvalue weighted by Gasteiger charge is -2.09. The summed E-state index contributed by atoms with van der Waals surface area (Å²) in [5, 5.41) is 11.4. The van der Waals surface area contributed by atoms with E-state index in [-0.39, 0.29) is 28.8 Å². The minimum Gasteiger partial charge on any atom is -0.462 e. The topological polar surface area (TPSA) is 111 Å². The zero-order valence-electron chi connectivity index (χ0n) is 18.1. The number of hydrogen-bond acceptors (Lipinski definition) is 7. The second-order valence-corrected chi connectivity index (χ2v) is 9.07. The van der Waals surface area contributed by atoms with Crippen LogP contribution in [0.5, 0.6) is 0 Å². The summed E-state index contributed by atoms with van der Waals surface area (Å²) in [6.45, 7) is 4.12. The number of rotatable bonds is 8. The fraction of sp³-hybridized carbons (Fsp3) is 0.350. The Morgan fingerprint density at radius 1 is 1.28 bits per heavy atom. The van der Waals surface area contributed by atoms with Gasteiger partial charge in [0.05, 0.1) is 27.7 Å². The lowest BCUT2D eigenvalue weighted by atomic mass is 10.1. The first-order chi connectivity index (χ1) is 15.2. The first kappa shape index (κ1) is 23.7. The lowest BCUT2D eigenvalue weighted by Crippen LogP contribution is -2.21. The van der Waals surface area contributed by atoms with E-state index in [4.69, 9.17) is 4.74 Å². The molecule has 0 saturated carbocycles. The van der Waals surface area contributed by atoms with Crippen LogP contribution in [0.1, 0.15) is 49.4 Å². The van der Waals surface area contributed by atoms with Crippen LogP contribution in [0.4, 0.5) is 5.00 Å². The first-order valence-electron chi connectivity index (χ1n) is 9.76. The fourth-order valence-electron chi connectivity index (χ4n) is 2.81. The van der Waals surface area contributed by atoms with Gasteiger partial charge in [0.1, 0.15) is 11.7 Å². The van der Waals surface area contributed by atoms with Gasteiger partial charge in [0, 0.05) is 26.5 Å². The van der Waals surface area contributed by atoms with Crippen molar-refractivity contribution in [1.29, 1.82) is 0 Å². The average molecular weight is 523 g/mol. The minimum atomic E-state index is -0.580. The normalized spacial score (nSPS) is 10.8. The van der Waals surface area contributed by atoms with Crippen LogP contribution in [0.3, 0.4) is 0 Å². The highest BCUT2D eigenvalue weighted by Crippen LogP contribution is 2.34. The largest absolute Gasteiger partial charge is 0.462 e. The van der Waals surface area contributed by atoms with Crippen molar-refractivity contribution in [3.05, 3.63) is 50.8 Å². The van der Waals surface area contributed by atoms with Crippen LogP contribution in [0.25, 0.3) is 0 Å². The Bertz CT molecular complexity index is 1150. The minimum absolute atomic E-state index is 0.163. The molecule has 12 heteroatoms. The van der Waals surface area contributed by atoms with Crippen molar-refractivity contribution in [2.75, 3.05) is 26.0 Å². The van der Waals surface area contributed by atoms with Gasteiger partial charge in [-0.25, -0.2) is 9.48 Å². The molecule has 0 saturated heterocycles. The van der Waals surface area contributed by atoms with Gasteiger partial charge in [-0.3, -0.25) is 14.3 Å². The number of nitrogens with one attached hydrogen (secondary N) is 1. The highest BCUT2D eigenvalue weighted by atomic mass is 79.9. The van der Waals surface area contributed by atoms with Gasteiger partial charge in [0.15, 0.2) is 5.69 Å². The summed E-state index contributed by atoms with van der Waals surface area (Å²) in [4.78, 5) is 39.8. The zero-order valence-corrected chi connectivity index (χ0v) is 20.5. The van der Waals surface area contributed by atoms with Gasteiger partial charge in [-0.2, -0.15) is 10.2 Å². The first-order valence-corrected chi connectivity index (χ1v) is 11.4. The number of esters is 1. The van der Waals surface area contributed by atoms with Gasteiger partial charge < -0.3 is 15.0 Å². The molecule has 0 aliphatic carbocycles. The molecule has 3 aromatic rings. The molecule has 0 radical (unpaired) electrons. The van der Waals surface area contributed by atoms with Gasteiger partial charge in [-0.15, -0.1) is 11.3 Å². The summed E-state index contributed by atoms with van der Waals surface area (Å²) in [5.41, 5.74) is 0.818. The van der Waals surface area contributed by atoms with Crippen molar-refractivity contribution in [1.82, 2.24) is 24.5 Å². The maximum atomic E-state index is 12.8. The molecule has 3 aromatic heterocycles. The number of nitrogens with zero attached hydrogens (tertiary/aromatic N) is 5. The molecule has 0 spiro atoms. The molecule has 1 N–H and O–H groups in total. The second-order valence-electron chi connectivity index (χ2n) is 7.13. The van der Waals surface area contributed by atoms with Gasteiger partial charge in [-0.1, -0.05) is 6.92 Å². The number of hydrogen-bond donors (Lipinski definition) is 1. The van der Waals surface area contributed by atoms with Crippen LogP contribution >= 0.6 is 27.3 Å². The third-order valence-corrected chi connectivity index (χ3v) is 5.99. The van der Waals surface area contributed by atoms with E-state index in [1.54, 1.807) is 55.0 Å². The summed E-state index contributed by atoms with van der Waals surface area (Å²) >= 11 is 4.37. The van der Waals surface area contributed by atoms with Crippen molar-refractivity contribution in [3.8, 4) is 0 Å². The third kappa shape index (κ3) is 5.25. The summed E-state index contributed by atoms with van der Waals surface area (Å²) in [5.74, 6) is -1.34. The lowest BCUT2D eigenvalue weighted by molar-refractivity contribution is 0.0506. The van der Waals surface area contributed by atoms with Gasteiger partial charge in [0.2, 0.25) is 0 Å². The molecular formula is C20H23BrN6O4S. The Balaban J connectivity index is 1.85. The number of halogens is 1. The Morgan fingerprint density at radius 3 is 2.66 bits per heavy atom. The fourth-order valence-corrected chi connectivity index (χ4v) is 4.35. The molecule has 32 heavy (non-hydrogen) atoms. The summed E-state index contributed by atoms with van der Waals surface area (Å²) in [6.07, 6.45) is 5.75. The molecule has 0 unspecified atom stereocenters.